The second-order valence-corrected chi connectivity index (χ2v) is 12.5. The molecule has 3 aromatic carbocycles. The van der Waals surface area contributed by atoms with Crippen molar-refractivity contribution in [1.29, 1.82) is 0 Å². The largest absolute Gasteiger partial charge is 0.493 e. The number of rotatable bonds is 10. The summed E-state index contributed by atoms with van der Waals surface area (Å²) in [6.45, 7) is 2.99. The molecule has 0 spiro atoms. The first-order valence-corrected chi connectivity index (χ1v) is 14.9. The lowest BCUT2D eigenvalue weighted by Gasteiger charge is -2.49. The van der Waals surface area contributed by atoms with Gasteiger partial charge in [-0.3, -0.25) is 4.79 Å². The fourth-order valence-electron chi connectivity index (χ4n) is 6.00. The van der Waals surface area contributed by atoms with Gasteiger partial charge in [-0.05, 0) is 60.4 Å². The van der Waals surface area contributed by atoms with Crippen LogP contribution < -0.4 is 9.47 Å². The SMILES string of the molecule is CCCC[C@@]12c3cc(OC)c(OC)cc3CCN1C(=O)CC2C(Sc1ccccc1)Sc1ccccc1. The van der Waals surface area contributed by atoms with Crippen LogP contribution in [0.2, 0.25) is 0 Å². The molecule has 2 aliphatic rings. The molecule has 1 amide bonds. The van der Waals surface area contributed by atoms with E-state index in [0.29, 0.717) is 6.42 Å². The van der Waals surface area contributed by atoms with Gasteiger partial charge in [0.15, 0.2) is 11.5 Å². The number of carbonyl (C=O) groups is 1. The Labute approximate surface area is 229 Å². The van der Waals surface area contributed by atoms with E-state index in [4.69, 9.17) is 9.47 Å². The summed E-state index contributed by atoms with van der Waals surface area (Å²) in [7, 11) is 3.39. The molecule has 37 heavy (non-hydrogen) atoms. The molecule has 1 saturated heterocycles. The summed E-state index contributed by atoms with van der Waals surface area (Å²) < 4.78 is 11.6. The number of nitrogens with zero attached hydrogens (tertiary/aromatic N) is 1. The summed E-state index contributed by atoms with van der Waals surface area (Å²) in [5, 5.41) is 0. The number of benzene rings is 3. The van der Waals surface area contributed by atoms with Gasteiger partial charge >= 0.3 is 0 Å². The van der Waals surface area contributed by atoms with Crippen LogP contribution in [-0.4, -0.2) is 36.2 Å². The highest BCUT2D eigenvalue weighted by molar-refractivity contribution is 8.17. The van der Waals surface area contributed by atoms with Crippen LogP contribution >= 0.6 is 23.5 Å². The molecule has 1 fully saturated rings. The minimum absolute atomic E-state index is 0.138. The summed E-state index contributed by atoms with van der Waals surface area (Å²) in [6, 6.07) is 25.5. The van der Waals surface area contributed by atoms with Crippen molar-refractivity contribution < 1.29 is 14.3 Å². The second-order valence-electron chi connectivity index (χ2n) is 9.73. The van der Waals surface area contributed by atoms with Crippen molar-refractivity contribution in [2.24, 2.45) is 5.92 Å². The number of carbonyl (C=O) groups excluding carboxylic acids is 1. The smallest absolute Gasteiger partial charge is 0.223 e. The van der Waals surface area contributed by atoms with Gasteiger partial charge in [0.25, 0.3) is 0 Å². The first-order chi connectivity index (χ1) is 18.1. The Hall–Kier alpha value is -2.57. The topological polar surface area (TPSA) is 38.8 Å². The van der Waals surface area contributed by atoms with Crippen LogP contribution in [0.1, 0.15) is 43.7 Å². The van der Waals surface area contributed by atoms with Gasteiger partial charge in [-0.15, -0.1) is 23.5 Å². The predicted octanol–water partition coefficient (Wildman–Crippen LogP) is 7.40. The fraction of sp³-hybridized carbons (Fsp3) is 0.387. The zero-order valence-electron chi connectivity index (χ0n) is 21.8. The quantitative estimate of drug-likeness (QED) is 0.200. The molecule has 3 aromatic rings. The van der Waals surface area contributed by atoms with Gasteiger partial charge < -0.3 is 14.4 Å². The van der Waals surface area contributed by atoms with Crippen molar-refractivity contribution in [2.75, 3.05) is 20.8 Å². The molecule has 6 heteroatoms. The van der Waals surface area contributed by atoms with E-state index < -0.39 is 0 Å². The van der Waals surface area contributed by atoms with E-state index >= 15 is 0 Å². The van der Waals surface area contributed by atoms with Crippen molar-refractivity contribution in [3.63, 3.8) is 0 Å². The number of thioether (sulfide) groups is 2. The fourth-order valence-corrected chi connectivity index (χ4v) is 9.00. The van der Waals surface area contributed by atoms with E-state index in [1.807, 2.05) is 23.5 Å². The molecule has 5 rings (SSSR count). The molecule has 0 aromatic heterocycles. The van der Waals surface area contributed by atoms with Crippen LogP contribution in [0.4, 0.5) is 0 Å². The maximum atomic E-state index is 13.7. The standard InChI is InChI=1S/C31H35NO3S2/c1-4-5-17-31-25-20-28(35-3)27(34-2)19-22(25)16-18-32(31)29(33)21-26(31)30(36-23-12-8-6-9-13-23)37-24-14-10-7-11-15-24/h6-15,19-20,26,30H,4-5,16-18,21H2,1-3H3/t26?,31-/m0/s1. The van der Waals surface area contributed by atoms with Crippen LogP contribution in [0.15, 0.2) is 82.6 Å². The van der Waals surface area contributed by atoms with Crippen molar-refractivity contribution in [3.05, 3.63) is 83.9 Å². The Morgan fingerprint density at radius 3 is 2.11 bits per heavy atom. The average molecular weight is 534 g/mol. The highest BCUT2D eigenvalue weighted by Gasteiger charge is 2.58. The van der Waals surface area contributed by atoms with Crippen LogP contribution in [0.3, 0.4) is 0 Å². The first kappa shape index (κ1) is 26.1. The minimum atomic E-state index is -0.367. The molecule has 0 radical (unpaired) electrons. The summed E-state index contributed by atoms with van der Waals surface area (Å²) >= 11 is 3.78. The number of methoxy groups -OCH3 is 2. The molecule has 2 heterocycles. The molecule has 0 bridgehead atoms. The van der Waals surface area contributed by atoms with E-state index in [0.717, 1.165) is 43.7 Å². The Morgan fingerprint density at radius 1 is 0.946 bits per heavy atom. The molecule has 0 aliphatic carbocycles. The lowest BCUT2D eigenvalue weighted by Crippen LogP contribution is -2.52. The van der Waals surface area contributed by atoms with Gasteiger partial charge in [0.1, 0.15) is 0 Å². The maximum absolute atomic E-state index is 13.7. The minimum Gasteiger partial charge on any atom is -0.493 e. The molecule has 1 unspecified atom stereocenters. The van der Waals surface area contributed by atoms with Gasteiger partial charge in [0.05, 0.1) is 24.3 Å². The van der Waals surface area contributed by atoms with Crippen molar-refractivity contribution in [1.82, 2.24) is 4.90 Å². The Kier molecular flexibility index (Phi) is 8.06. The lowest BCUT2D eigenvalue weighted by molar-refractivity contribution is -0.132. The van der Waals surface area contributed by atoms with Crippen molar-refractivity contribution in [3.8, 4) is 11.5 Å². The molecule has 194 valence electrons. The molecule has 4 nitrogen and oxygen atoms in total. The number of fused-ring (bicyclic) bond motifs is 3. The van der Waals surface area contributed by atoms with Crippen LogP contribution in [0, 0.1) is 5.92 Å². The molecule has 0 N–H and O–H groups in total. The monoisotopic (exact) mass is 533 g/mol. The Morgan fingerprint density at radius 2 is 1.54 bits per heavy atom. The van der Waals surface area contributed by atoms with E-state index in [-0.39, 0.29) is 21.9 Å². The highest BCUT2D eigenvalue weighted by Crippen LogP contribution is 2.58. The van der Waals surface area contributed by atoms with Gasteiger partial charge in [0, 0.05) is 28.7 Å². The second kappa shape index (κ2) is 11.4. The third kappa shape index (κ3) is 4.98. The van der Waals surface area contributed by atoms with E-state index in [1.165, 1.54) is 20.9 Å². The Bertz CT molecular complexity index is 1180. The molecular formula is C31H35NO3S2. The molecule has 2 aliphatic heterocycles. The average Bonchev–Trinajstić information content (AvgIpc) is 3.24. The Balaban J connectivity index is 1.66. The molecule has 2 atom stereocenters. The van der Waals surface area contributed by atoms with Gasteiger partial charge in [-0.1, -0.05) is 56.2 Å². The summed E-state index contributed by atoms with van der Waals surface area (Å²) in [5.74, 6) is 1.91. The molecular weight excluding hydrogens is 498 g/mol. The van der Waals surface area contributed by atoms with E-state index in [9.17, 15) is 4.79 Å². The normalized spacial score (nSPS) is 20.6. The highest BCUT2D eigenvalue weighted by atomic mass is 32.2. The third-order valence-corrected chi connectivity index (χ3v) is 10.5. The number of unbranched alkanes of at least 4 members (excludes halogenated alkanes) is 1. The number of hydrogen-bond acceptors (Lipinski definition) is 5. The lowest BCUT2D eigenvalue weighted by atomic mass is 9.71. The van der Waals surface area contributed by atoms with E-state index in [2.05, 4.69) is 84.6 Å². The summed E-state index contributed by atoms with van der Waals surface area (Å²) in [5.41, 5.74) is 2.15. The zero-order chi connectivity index (χ0) is 25.8. The van der Waals surface area contributed by atoms with Crippen molar-refractivity contribution >= 4 is 29.4 Å². The predicted molar refractivity (Wildman–Crippen MR) is 153 cm³/mol. The zero-order valence-corrected chi connectivity index (χ0v) is 23.4. The number of ether oxygens (including phenoxy) is 2. The van der Waals surface area contributed by atoms with Gasteiger partial charge in [0.2, 0.25) is 5.91 Å². The van der Waals surface area contributed by atoms with E-state index in [1.54, 1.807) is 14.2 Å². The first-order valence-electron chi connectivity index (χ1n) is 13.1. The van der Waals surface area contributed by atoms with Crippen LogP contribution in [-0.2, 0) is 16.8 Å². The van der Waals surface area contributed by atoms with Gasteiger partial charge in [-0.25, -0.2) is 0 Å². The van der Waals surface area contributed by atoms with Crippen LogP contribution in [0.5, 0.6) is 11.5 Å². The number of amides is 1. The molecule has 0 saturated carbocycles. The number of hydrogen-bond donors (Lipinski definition) is 0. The third-order valence-electron chi connectivity index (χ3n) is 7.70. The van der Waals surface area contributed by atoms with Gasteiger partial charge in [-0.2, -0.15) is 0 Å². The summed E-state index contributed by atoms with van der Waals surface area (Å²) in [6.07, 6.45) is 4.49. The van der Waals surface area contributed by atoms with Crippen LogP contribution in [0.25, 0.3) is 0 Å². The summed E-state index contributed by atoms with van der Waals surface area (Å²) in [4.78, 5) is 18.4. The maximum Gasteiger partial charge on any atom is 0.223 e. The van der Waals surface area contributed by atoms with Crippen molar-refractivity contribution in [2.45, 2.75) is 58.9 Å².